The molecule has 1 N–H and O–H groups in total. The second-order valence-electron chi connectivity index (χ2n) is 12.9. The number of piperidine rings is 1. The van der Waals surface area contributed by atoms with Crippen molar-refractivity contribution in [3.05, 3.63) is 71.9 Å². The minimum Gasteiger partial charge on any atom is -0.469 e. The lowest BCUT2D eigenvalue weighted by Gasteiger charge is -2.37. The quantitative estimate of drug-likeness (QED) is 0.212. The molecule has 12 heteroatoms. The Morgan fingerprint density at radius 3 is 2.47 bits per heavy atom. The fourth-order valence-corrected chi connectivity index (χ4v) is 6.05. The number of ether oxygens (including phenoxy) is 2. The Balaban J connectivity index is 1.38. The molecule has 244 valence electrons. The number of esters is 1. The SMILES string of the molecule is COC(=O)[C@@H]1C[C@H](Nc2ncc(C)c(-c3cn(-c4ccccc4)c4nc(-c5c(C)noc5C)ccc34)n2)CN(C(=O)OC(C)(C)C)C1. The van der Waals surface area contributed by atoms with Crippen molar-refractivity contribution in [3.8, 4) is 28.2 Å². The van der Waals surface area contributed by atoms with Gasteiger partial charge in [-0.2, -0.15) is 0 Å². The number of methoxy groups -OCH3 is 1. The molecule has 0 saturated carbocycles. The second-order valence-corrected chi connectivity index (χ2v) is 12.9. The first kappa shape index (κ1) is 31.7. The van der Waals surface area contributed by atoms with Gasteiger partial charge < -0.3 is 28.8 Å². The predicted molar refractivity (Wildman–Crippen MR) is 177 cm³/mol. The van der Waals surface area contributed by atoms with Gasteiger partial charge in [0.2, 0.25) is 5.95 Å². The fraction of sp³-hybridized carbons (Fsp3) is 0.371. The monoisotopic (exact) mass is 637 g/mol. The molecule has 47 heavy (non-hydrogen) atoms. The van der Waals surface area contributed by atoms with Crippen molar-refractivity contribution >= 4 is 29.0 Å². The molecular formula is C35H39N7O5. The Morgan fingerprint density at radius 1 is 1.02 bits per heavy atom. The van der Waals surface area contributed by atoms with Gasteiger partial charge in [-0.05, 0) is 77.8 Å². The highest BCUT2D eigenvalue weighted by molar-refractivity contribution is 5.96. The first-order valence-corrected chi connectivity index (χ1v) is 15.6. The van der Waals surface area contributed by atoms with Crippen LogP contribution in [0.1, 0.15) is 44.2 Å². The van der Waals surface area contributed by atoms with Crippen molar-refractivity contribution in [2.24, 2.45) is 5.92 Å². The molecule has 1 aromatic carbocycles. The summed E-state index contributed by atoms with van der Waals surface area (Å²) in [5.41, 5.74) is 5.96. The highest BCUT2D eigenvalue weighted by Gasteiger charge is 2.36. The minimum absolute atomic E-state index is 0.210. The smallest absolute Gasteiger partial charge is 0.410 e. The lowest BCUT2D eigenvalue weighted by molar-refractivity contribution is -0.147. The van der Waals surface area contributed by atoms with E-state index in [-0.39, 0.29) is 18.6 Å². The molecule has 1 saturated heterocycles. The Labute approximate surface area is 273 Å². The number of para-hydroxylation sites is 1. The van der Waals surface area contributed by atoms with Crippen LogP contribution in [0.15, 0.2) is 59.4 Å². The van der Waals surface area contributed by atoms with E-state index in [1.54, 1.807) is 11.1 Å². The first-order chi connectivity index (χ1) is 22.4. The van der Waals surface area contributed by atoms with Crippen LogP contribution < -0.4 is 5.32 Å². The molecule has 0 radical (unpaired) electrons. The number of carbonyl (C=O) groups is 2. The number of benzene rings is 1. The summed E-state index contributed by atoms with van der Waals surface area (Å²) in [6, 6.07) is 13.7. The number of nitrogens with one attached hydrogen (secondary N) is 1. The number of likely N-dealkylation sites (tertiary alicyclic amines) is 1. The van der Waals surface area contributed by atoms with Crippen molar-refractivity contribution < 1.29 is 23.6 Å². The maximum Gasteiger partial charge on any atom is 0.410 e. The molecule has 12 nitrogen and oxygen atoms in total. The highest BCUT2D eigenvalue weighted by atomic mass is 16.6. The van der Waals surface area contributed by atoms with Crippen LogP contribution in [0.2, 0.25) is 0 Å². The van der Waals surface area contributed by atoms with E-state index >= 15 is 0 Å². The largest absolute Gasteiger partial charge is 0.469 e. The Morgan fingerprint density at radius 2 is 1.79 bits per heavy atom. The molecule has 2 atom stereocenters. The summed E-state index contributed by atoms with van der Waals surface area (Å²) in [7, 11) is 1.35. The lowest BCUT2D eigenvalue weighted by Crippen LogP contribution is -2.52. The van der Waals surface area contributed by atoms with E-state index in [0.29, 0.717) is 24.7 Å². The maximum absolute atomic E-state index is 13.0. The number of rotatable bonds is 6. The molecule has 6 rings (SSSR count). The topological polar surface area (TPSA) is 137 Å². The van der Waals surface area contributed by atoms with Gasteiger partial charge in [0.15, 0.2) is 0 Å². The van der Waals surface area contributed by atoms with Gasteiger partial charge in [0.25, 0.3) is 0 Å². The third kappa shape index (κ3) is 6.53. The molecule has 0 aliphatic carbocycles. The van der Waals surface area contributed by atoms with Crippen molar-refractivity contribution in [1.29, 1.82) is 0 Å². The Kier molecular flexibility index (Phi) is 8.43. The van der Waals surface area contributed by atoms with Crippen LogP contribution in [0.25, 0.3) is 39.2 Å². The standard InChI is InChI=1S/C35H39N7O5/c1-20-16-36-33(37-24-15-23(32(43)45-7)17-41(18-24)34(44)46-35(4,5)6)39-30(20)27-19-42(25-11-9-8-10-12-25)31-26(27)13-14-28(38-31)29-21(2)40-47-22(29)3/h8-14,16,19,23-24H,15,17-18H2,1-7H3,(H,36,37,39)/t23-,24+/m1/s1. The molecule has 0 bridgehead atoms. The Bertz CT molecular complexity index is 1920. The zero-order valence-electron chi connectivity index (χ0n) is 27.7. The van der Waals surface area contributed by atoms with E-state index in [2.05, 4.69) is 20.0 Å². The number of carbonyl (C=O) groups excluding carboxylic acids is 2. The number of hydrogen-bond donors (Lipinski definition) is 1. The number of aryl methyl sites for hydroxylation is 3. The molecule has 4 aromatic heterocycles. The Hall–Kier alpha value is -5.26. The van der Waals surface area contributed by atoms with Gasteiger partial charge in [0.1, 0.15) is 17.0 Å². The van der Waals surface area contributed by atoms with E-state index in [0.717, 1.165) is 50.5 Å². The molecule has 0 unspecified atom stereocenters. The van der Waals surface area contributed by atoms with Crippen molar-refractivity contribution in [2.45, 2.75) is 59.6 Å². The van der Waals surface area contributed by atoms with E-state index in [1.165, 1.54) is 7.11 Å². The van der Waals surface area contributed by atoms with Gasteiger partial charge in [0, 0.05) is 48.2 Å². The van der Waals surface area contributed by atoms with E-state index in [4.69, 9.17) is 24.0 Å². The van der Waals surface area contributed by atoms with E-state index < -0.39 is 17.6 Å². The minimum atomic E-state index is -0.672. The summed E-state index contributed by atoms with van der Waals surface area (Å²) in [5, 5.41) is 8.42. The van der Waals surface area contributed by atoms with Crippen LogP contribution in [-0.2, 0) is 14.3 Å². The molecule has 1 aliphatic heterocycles. The normalized spacial score (nSPS) is 16.7. The predicted octanol–water partition coefficient (Wildman–Crippen LogP) is 6.27. The number of hydrogen-bond acceptors (Lipinski definition) is 10. The third-order valence-electron chi connectivity index (χ3n) is 8.17. The maximum atomic E-state index is 13.0. The highest BCUT2D eigenvalue weighted by Crippen LogP contribution is 2.36. The number of nitrogens with zero attached hydrogens (tertiary/aromatic N) is 6. The average Bonchev–Trinajstić information content (AvgIpc) is 3.59. The summed E-state index contributed by atoms with van der Waals surface area (Å²) in [5.74, 6) is 0.182. The van der Waals surface area contributed by atoms with Crippen LogP contribution in [0, 0.1) is 26.7 Å². The summed E-state index contributed by atoms with van der Waals surface area (Å²) >= 11 is 0. The third-order valence-corrected chi connectivity index (χ3v) is 8.17. The molecular weight excluding hydrogens is 598 g/mol. The van der Waals surface area contributed by atoms with Crippen LogP contribution in [-0.4, -0.2) is 73.5 Å². The van der Waals surface area contributed by atoms with E-state index in [1.807, 2.05) is 90.2 Å². The number of amides is 1. The number of anilines is 1. The molecule has 1 amide bonds. The van der Waals surface area contributed by atoms with Gasteiger partial charge in [-0.25, -0.2) is 19.7 Å². The summed E-state index contributed by atoms with van der Waals surface area (Å²) in [6.45, 7) is 11.7. The molecule has 0 spiro atoms. The summed E-state index contributed by atoms with van der Waals surface area (Å²) in [4.78, 5) is 41.8. The molecule has 1 fully saturated rings. The van der Waals surface area contributed by atoms with Gasteiger partial charge in [-0.1, -0.05) is 23.4 Å². The van der Waals surface area contributed by atoms with Gasteiger partial charge in [-0.3, -0.25) is 4.79 Å². The summed E-state index contributed by atoms with van der Waals surface area (Å²) < 4.78 is 18.1. The van der Waals surface area contributed by atoms with Crippen LogP contribution in [0.5, 0.6) is 0 Å². The first-order valence-electron chi connectivity index (χ1n) is 15.6. The van der Waals surface area contributed by atoms with E-state index in [9.17, 15) is 9.59 Å². The second kappa shape index (κ2) is 12.5. The van der Waals surface area contributed by atoms with Crippen molar-refractivity contribution in [1.82, 2.24) is 29.6 Å². The number of aromatic nitrogens is 5. The van der Waals surface area contributed by atoms with Crippen molar-refractivity contribution in [2.75, 3.05) is 25.5 Å². The lowest BCUT2D eigenvalue weighted by atomic mass is 9.94. The summed E-state index contributed by atoms with van der Waals surface area (Å²) in [6.07, 6.45) is 3.77. The molecule has 1 aliphatic rings. The van der Waals surface area contributed by atoms with Gasteiger partial charge in [-0.15, -0.1) is 0 Å². The average molecular weight is 638 g/mol. The molecule has 5 heterocycles. The zero-order chi connectivity index (χ0) is 33.5. The van der Waals surface area contributed by atoms with Gasteiger partial charge in [0.05, 0.1) is 35.7 Å². The number of fused-ring (bicyclic) bond motifs is 1. The molecule has 5 aromatic rings. The van der Waals surface area contributed by atoms with Gasteiger partial charge >= 0.3 is 12.1 Å². The van der Waals surface area contributed by atoms with Crippen LogP contribution >= 0.6 is 0 Å². The number of pyridine rings is 1. The van der Waals surface area contributed by atoms with Crippen LogP contribution in [0.4, 0.5) is 10.7 Å². The zero-order valence-corrected chi connectivity index (χ0v) is 27.7. The van der Waals surface area contributed by atoms with Crippen molar-refractivity contribution in [3.63, 3.8) is 0 Å². The van der Waals surface area contributed by atoms with Crippen LogP contribution in [0.3, 0.4) is 0 Å². The fourth-order valence-electron chi connectivity index (χ4n) is 6.05.